The summed E-state index contributed by atoms with van der Waals surface area (Å²) < 4.78 is 0. The lowest BCUT2D eigenvalue weighted by Gasteiger charge is -2.05. The molecule has 1 fully saturated rings. The Bertz CT molecular complexity index is 808. The van der Waals surface area contributed by atoms with E-state index in [0.717, 1.165) is 28.6 Å². The van der Waals surface area contributed by atoms with Gasteiger partial charge in [-0.2, -0.15) is 0 Å². The van der Waals surface area contributed by atoms with Crippen LogP contribution in [0.5, 0.6) is 0 Å². The van der Waals surface area contributed by atoms with E-state index in [4.69, 9.17) is 0 Å². The van der Waals surface area contributed by atoms with Crippen LogP contribution in [-0.2, 0) is 13.0 Å². The summed E-state index contributed by atoms with van der Waals surface area (Å²) in [5.41, 5.74) is 3.02. The second kappa shape index (κ2) is 5.45. The van der Waals surface area contributed by atoms with E-state index in [1.54, 1.807) is 6.07 Å². The van der Waals surface area contributed by atoms with Crippen LogP contribution in [0, 0.1) is 12.8 Å². The second-order valence-electron chi connectivity index (χ2n) is 6.18. The molecule has 1 aromatic heterocycles. The molecule has 6 heteroatoms. The molecule has 4 rings (SSSR count). The zero-order valence-corrected chi connectivity index (χ0v) is 13.6. The number of nitrogens with one attached hydrogen (secondary N) is 2. The third kappa shape index (κ3) is 2.86. The summed E-state index contributed by atoms with van der Waals surface area (Å²) in [4.78, 5) is 29.4. The monoisotopic (exact) mass is 327 g/mol. The Balaban J connectivity index is 1.52. The Labute approximate surface area is 138 Å². The number of rotatable bonds is 4. The fourth-order valence-electron chi connectivity index (χ4n) is 2.80. The molecule has 0 spiro atoms. The van der Waals surface area contributed by atoms with Crippen LogP contribution < -0.4 is 10.6 Å². The van der Waals surface area contributed by atoms with Gasteiger partial charge < -0.3 is 10.6 Å². The lowest BCUT2D eigenvalue weighted by atomic mass is 10.1. The van der Waals surface area contributed by atoms with Crippen molar-refractivity contribution in [2.24, 2.45) is 5.92 Å². The van der Waals surface area contributed by atoms with Crippen LogP contribution in [0.2, 0.25) is 0 Å². The smallest absolute Gasteiger partial charge is 0.267 e. The fraction of sp³-hybridized carbons (Fsp3) is 0.353. The van der Waals surface area contributed by atoms with E-state index in [1.165, 1.54) is 24.2 Å². The Hall–Kier alpha value is -2.21. The van der Waals surface area contributed by atoms with Crippen molar-refractivity contribution in [3.8, 4) is 0 Å². The average molecular weight is 327 g/mol. The molecule has 1 saturated carbocycles. The van der Waals surface area contributed by atoms with Gasteiger partial charge in [0.05, 0.1) is 10.7 Å². The van der Waals surface area contributed by atoms with Gasteiger partial charge in [0.2, 0.25) is 0 Å². The number of thiazole rings is 1. The predicted octanol–water partition coefficient (Wildman–Crippen LogP) is 2.90. The number of amides is 2. The third-order valence-electron chi connectivity index (χ3n) is 4.26. The van der Waals surface area contributed by atoms with Crippen LogP contribution in [0.25, 0.3) is 0 Å². The maximum Gasteiger partial charge on any atom is 0.267 e. The van der Waals surface area contributed by atoms with Gasteiger partial charge in [-0.15, -0.1) is 11.3 Å². The maximum atomic E-state index is 12.5. The fourth-order valence-corrected chi connectivity index (χ4v) is 3.87. The molecule has 1 aliphatic carbocycles. The molecular weight excluding hydrogens is 310 g/mol. The molecule has 5 nitrogen and oxygen atoms in total. The van der Waals surface area contributed by atoms with E-state index in [1.807, 2.05) is 19.1 Å². The summed E-state index contributed by atoms with van der Waals surface area (Å²) >= 11 is 1.48. The first-order valence-electron chi connectivity index (χ1n) is 7.79. The van der Waals surface area contributed by atoms with E-state index < -0.39 is 0 Å². The molecule has 0 saturated heterocycles. The molecule has 0 bridgehead atoms. The number of anilines is 1. The van der Waals surface area contributed by atoms with Crippen molar-refractivity contribution in [1.82, 2.24) is 10.3 Å². The van der Waals surface area contributed by atoms with Gasteiger partial charge in [-0.1, -0.05) is 6.07 Å². The van der Waals surface area contributed by atoms with E-state index in [2.05, 4.69) is 15.6 Å². The van der Waals surface area contributed by atoms with E-state index in [9.17, 15) is 9.59 Å². The van der Waals surface area contributed by atoms with Gasteiger partial charge in [0.25, 0.3) is 11.8 Å². The number of nitrogens with zero attached hydrogens (tertiary/aromatic N) is 1. The molecule has 0 atom stereocenters. The zero-order chi connectivity index (χ0) is 16.0. The summed E-state index contributed by atoms with van der Waals surface area (Å²) in [6.45, 7) is 2.43. The minimum Gasteiger partial charge on any atom is -0.348 e. The standard InChI is InChI=1S/C17H17N3O2S/c1-9-15(23-14(19-9)6-10-2-3-10)17(22)20-12-5-4-11-8-18-16(21)13(11)7-12/h4-5,7,10H,2-3,6,8H2,1H3,(H,18,21)(H,20,22). The van der Waals surface area contributed by atoms with Gasteiger partial charge in [-0.25, -0.2) is 4.98 Å². The highest BCUT2D eigenvalue weighted by molar-refractivity contribution is 7.13. The number of benzene rings is 1. The minimum atomic E-state index is -0.152. The Kier molecular flexibility index (Phi) is 3.41. The molecular formula is C17H17N3O2S. The van der Waals surface area contributed by atoms with Crippen molar-refractivity contribution in [1.29, 1.82) is 0 Å². The van der Waals surface area contributed by atoms with Crippen LogP contribution >= 0.6 is 11.3 Å². The molecule has 2 aromatic rings. The number of carbonyl (C=O) groups excluding carboxylic acids is 2. The first-order valence-corrected chi connectivity index (χ1v) is 8.60. The second-order valence-corrected chi connectivity index (χ2v) is 7.26. The lowest BCUT2D eigenvalue weighted by molar-refractivity contribution is 0.0964. The first kappa shape index (κ1) is 14.4. The number of fused-ring (bicyclic) bond motifs is 1. The van der Waals surface area contributed by atoms with Crippen LogP contribution in [0.15, 0.2) is 18.2 Å². The summed E-state index contributed by atoms with van der Waals surface area (Å²) in [5, 5.41) is 6.70. The molecule has 2 heterocycles. The molecule has 1 aliphatic heterocycles. The average Bonchev–Trinajstić information content (AvgIpc) is 3.15. The van der Waals surface area contributed by atoms with Gasteiger partial charge in [0, 0.05) is 24.2 Å². The number of hydrogen-bond acceptors (Lipinski definition) is 4. The molecule has 1 aromatic carbocycles. The van der Waals surface area contributed by atoms with Crippen molar-refractivity contribution in [3.05, 3.63) is 44.9 Å². The van der Waals surface area contributed by atoms with Crippen molar-refractivity contribution < 1.29 is 9.59 Å². The van der Waals surface area contributed by atoms with Gasteiger partial charge in [0.15, 0.2) is 0 Å². The van der Waals surface area contributed by atoms with Crippen molar-refractivity contribution in [2.75, 3.05) is 5.32 Å². The normalized spacial score (nSPS) is 16.1. The molecule has 0 radical (unpaired) electrons. The molecule has 118 valence electrons. The lowest BCUT2D eigenvalue weighted by Crippen LogP contribution is -2.13. The van der Waals surface area contributed by atoms with E-state index >= 15 is 0 Å². The Morgan fingerprint density at radius 3 is 3.04 bits per heavy atom. The maximum absolute atomic E-state index is 12.5. The van der Waals surface area contributed by atoms with Crippen LogP contribution in [0.3, 0.4) is 0 Å². The van der Waals surface area contributed by atoms with Gasteiger partial charge >= 0.3 is 0 Å². The topological polar surface area (TPSA) is 71.1 Å². The van der Waals surface area contributed by atoms with E-state index in [0.29, 0.717) is 22.7 Å². The number of carbonyl (C=O) groups is 2. The van der Waals surface area contributed by atoms with Crippen molar-refractivity contribution >= 4 is 28.8 Å². The Morgan fingerprint density at radius 2 is 2.26 bits per heavy atom. The van der Waals surface area contributed by atoms with Crippen molar-refractivity contribution in [2.45, 2.75) is 32.7 Å². The molecule has 0 unspecified atom stereocenters. The van der Waals surface area contributed by atoms with Gasteiger partial charge in [0.1, 0.15) is 4.88 Å². The number of aryl methyl sites for hydroxylation is 1. The third-order valence-corrected chi connectivity index (χ3v) is 5.44. The molecule has 23 heavy (non-hydrogen) atoms. The Morgan fingerprint density at radius 1 is 1.43 bits per heavy atom. The number of hydrogen-bond donors (Lipinski definition) is 2. The van der Waals surface area contributed by atoms with Crippen molar-refractivity contribution in [3.63, 3.8) is 0 Å². The van der Waals surface area contributed by atoms with Crippen LogP contribution in [0.4, 0.5) is 5.69 Å². The first-order chi connectivity index (χ1) is 11.1. The summed E-state index contributed by atoms with van der Waals surface area (Å²) in [5.74, 6) is 0.517. The van der Waals surface area contributed by atoms with E-state index in [-0.39, 0.29) is 11.8 Å². The molecule has 2 aliphatic rings. The molecule has 2 N–H and O–H groups in total. The number of aromatic nitrogens is 1. The summed E-state index contributed by atoms with van der Waals surface area (Å²) in [6.07, 6.45) is 3.53. The van der Waals surface area contributed by atoms with Crippen LogP contribution in [0.1, 0.15) is 49.1 Å². The van der Waals surface area contributed by atoms with Gasteiger partial charge in [-0.3, -0.25) is 9.59 Å². The largest absolute Gasteiger partial charge is 0.348 e. The van der Waals surface area contributed by atoms with Crippen LogP contribution in [-0.4, -0.2) is 16.8 Å². The predicted molar refractivity (Wildman–Crippen MR) is 88.8 cm³/mol. The van der Waals surface area contributed by atoms with Gasteiger partial charge in [-0.05, 0) is 43.4 Å². The molecule has 2 amide bonds. The summed E-state index contributed by atoms with van der Waals surface area (Å²) in [6, 6.07) is 5.44. The summed E-state index contributed by atoms with van der Waals surface area (Å²) in [7, 11) is 0. The minimum absolute atomic E-state index is 0.0863. The quantitative estimate of drug-likeness (QED) is 0.907. The highest BCUT2D eigenvalue weighted by Crippen LogP contribution is 2.34. The highest BCUT2D eigenvalue weighted by atomic mass is 32.1. The zero-order valence-electron chi connectivity index (χ0n) is 12.8. The highest BCUT2D eigenvalue weighted by Gasteiger charge is 2.25. The SMILES string of the molecule is Cc1nc(CC2CC2)sc1C(=O)Nc1ccc2c(c1)C(=O)NC2.